The number of hydrogen-bond donors (Lipinski definition) is 1. The molecule has 0 aliphatic rings. The average Bonchev–Trinajstić information content (AvgIpc) is 1.63. The van der Waals surface area contributed by atoms with Crippen LogP contribution in [0.25, 0.3) is 0 Å². The summed E-state index contributed by atoms with van der Waals surface area (Å²) in [4.78, 5) is 12.3. The summed E-state index contributed by atoms with van der Waals surface area (Å²) in [5, 5.41) is 0. The van der Waals surface area contributed by atoms with Gasteiger partial charge in [-0.05, 0) is 6.92 Å². The molecule has 0 aliphatic heterocycles. The van der Waals surface area contributed by atoms with Crippen LogP contribution < -0.4 is 5.73 Å². The Bertz CT molecular complexity index is 99.2. The number of rotatable bonds is 2. The lowest BCUT2D eigenvalue weighted by Crippen LogP contribution is -2.28. The van der Waals surface area contributed by atoms with E-state index in [2.05, 4.69) is 0 Å². The highest BCUT2D eigenvalue weighted by Crippen LogP contribution is 1.89. The number of carbonyl (C=O) groups is 1. The lowest BCUT2D eigenvalue weighted by Gasteiger charge is -2.11. The Labute approximate surface area is 55.8 Å². The lowest BCUT2D eigenvalue weighted by molar-refractivity contribution is -0.128. The highest BCUT2D eigenvalue weighted by atomic mass is 16.2. The Kier molecular flexibility index (Phi) is 3.24. The molecule has 3 nitrogen and oxygen atoms in total. The molecule has 0 aliphatic carbocycles. The van der Waals surface area contributed by atoms with E-state index in [4.69, 9.17) is 5.73 Å². The van der Waals surface area contributed by atoms with Gasteiger partial charge in [0, 0.05) is 26.6 Å². The zero-order chi connectivity index (χ0) is 7.44. The van der Waals surface area contributed by atoms with Crippen molar-refractivity contribution in [1.29, 1.82) is 0 Å². The molecule has 9 heavy (non-hydrogen) atoms. The quantitative estimate of drug-likeness (QED) is 0.563. The van der Waals surface area contributed by atoms with Crippen LogP contribution in [-0.4, -0.2) is 30.9 Å². The molecule has 0 aromatic carbocycles. The summed E-state index contributed by atoms with van der Waals surface area (Å²) in [6.07, 6.45) is 0.438. The Hall–Kier alpha value is -0.570. The van der Waals surface area contributed by atoms with Gasteiger partial charge < -0.3 is 10.6 Å². The fourth-order valence-electron chi connectivity index (χ4n) is 0.458. The van der Waals surface area contributed by atoms with Crippen molar-refractivity contribution in [3.63, 3.8) is 0 Å². The van der Waals surface area contributed by atoms with Gasteiger partial charge in [0.15, 0.2) is 0 Å². The van der Waals surface area contributed by atoms with Gasteiger partial charge in [0.1, 0.15) is 0 Å². The van der Waals surface area contributed by atoms with Crippen molar-refractivity contribution in [3.05, 3.63) is 0 Å². The number of carbonyl (C=O) groups excluding carboxylic acids is 1. The van der Waals surface area contributed by atoms with Crippen molar-refractivity contribution in [1.82, 2.24) is 4.90 Å². The third kappa shape index (κ3) is 3.97. The Morgan fingerprint density at radius 3 is 2.22 bits per heavy atom. The summed E-state index contributed by atoms with van der Waals surface area (Å²) in [7, 11) is 3.45. The number of nitrogens with zero attached hydrogens (tertiary/aromatic N) is 1. The highest BCUT2D eigenvalue weighted by Gasteiger charge is 2.05. The van der Waals surface area contributed by atoms with E-state index in [9.17, 15) is 4.79 Å². The van der Waals surface area contributed by atoms with Crippen LogP contribution in [0.15, 0.2) is 0 Å². The fraction of sp³-hybridized carbons (Fsp3) is 0.833. The fourth-order valence-corrected chi connectivity index (χ4v) is 0.458. The van der Waals surface area contributed by atoms with Crippen LogP contribution in [0.2, 0.25) is 0 Å². The molecule has 0 unspecified atom stereocenters. The van der Waals surface area contributed by atoms with Crippen molar-refractivity contribution in [2.45, 2.75) is 19.4 Å². The van der Waals surface area contributed by atoms with E-state index in [0.29, 0.717) is 6.42 Å². The van der Waals surface area contributed by atoms with Crippen molar-refractivity contribution in [3.8, 4) is 0 Å². The van der Waals surface area contributed by atoms with Crippen molar-refractivity contribution in [2.24, 2.45) is 5.73 Å². The van der Waals surface area contributed by atoms with E-state index in [1.807, 2.05) is 6.92 Å². The van der Waals surface area contributed by atoms with Gasteiger partial charge in [0.25, 0.3) is 0 Å². The summed E-state index contributed by atoms with van der Waals surface area (Å²) < 4.78 is 0. The smallest absolute Gasteiger partial charge is 0.223 e. The Balaban J connectivity index is 3.51. The minimum atomic E-state index is -0.0279. The molecule has 1 amide bonds. The molecule has 1 atom stereocenters. The maximum atomic E-state index is 10.8. The molecule has 3 heteroatoms. The molecule has 54 valence electrons. The molecule has 0 fully saturated rings. The monoisotopic (exact) mass is 130 g/mol. The van der Waals surface area contributed by atoms with Crippen molar-refractivity contribution >= 4 is 5.91 Å². The van der Waals surface area contributed by atoms with E-state index in [0.717, 1.165) is 0 Å². The molecule has 0 spiro atoms. The highest BCUT2D eigenvalue weighted by molar-refractivity contribution is 5.76. The van der Waals surface area contributed by atoms with Crippen LogP contribution in [0.1, 0.15) is 13.3 Å². The molecule has 0 aromatic heterocycles. The molecule has 0 saturated heterocycles. The van der Waals surface area contributed by atoms with Crippen LogP contribution in [0.4, 0.5) is 0 Å². The van der Waals surface area contributed by atoms with Gasteiger partial charge in [0.05, 0.1) is 0 Å². The van der Waals surface area contributed by atoms with Gasteiger partial charge in [-0.1, -0.05) is 0 Å². The molecule has 0 bridgehead atoms. The molecular weight excluding hydrogens is 116 g/mol. The predicted molar refractivity (Wildman–Crippen MR) is 37.0 cm³/mol. The first-order valence-electron chi connectivity index (χ1n) is 2.99. The van der Waals surface area contributed by atoms with Gasteiger partial charge in [-0.3, -0.25) is 4.79 Å². The van der Waals surface area contributed by atoms with E-state index in [-0.39, 0.29) is 11.9 Å². The molecule has 0 heterocycles. The van der Waals surface area contributed by atoms with E-state index >= 15 is 0 Å². The molecule has 0 aromatic rings. The topological polar surface area (TPSA) is 46.3 Å². The van der Waals surface area contributed by atoms with Crippen LogP contribution in [0, 0.1) is 0 Å². The van der Waals surface area contributed by atoms with E-state index in [1.165, 1.54) is 0 Å². The SMILES string of the molecule is C[C@H](N)CC(=O)N(C)C. The number of amides is 1. The minimum Gasteiger partial charge on any atom is -0.349 e. The summed E-state index contributed by atoms with van der Waals surface area (Å²) >= 11 is 0. The maximum Gasteiger partial charge on any atom is 0.223 e. The summed E-state index contributed by atoms with van der Waals surface area (Å²) in [5.41, 5.74) is 5.38. The predicted octanol–water partition coefficient (Wildman–Crippen LogP) is -0.188. The second-order valence-corrected chi connectivity index (χ2v) is 2.47. The van der Waals surface area contributed by atoms with Gasteiger partial charge in [-0.25, -0.2) is 0 Å². The third-order valence-corrected chi connectivity index (χ3v) is 0.995. The second-order valence-electron chi connectivity index (χ2n) is 2.47. The first-order chi connectivity index (χ1) is 4.04. The molecule has 0 rings (SSSR count). The van der Waals surface area contributed by atoms with Gasteiger partial charge in [-0.15, -0.1) is 0 Å². The first-order valence-corrected chi connectivity index (χ1v) is 2.99. The first kappa shape index (κ1) is 8.43. The molecular formula is C6H14N2O. The Morgan fingerprint density at radius 2 is 2.11 bits per heavy atom. The number of hydrogen-bond acceptors (Lipinski definition) is 2. The van der Waals surface area contributed by atoms with Crippen LogP contribution >= 0.6 is 0 Å². The second kappa shape index (κ2) is 3.45. The van der Waals surface area contributed by atoms with E-state index in [1.54, 1.807) is 19.0 Å². The maximum absolute atomic E-state index is 10.8. The summed E-state index contributed by atoms with van der Waals surface area (Å²) in [5.74, 6) is 0.0880. The third-order valence-electron chi connectivity index (χ3n) is 0.995. The Morgan fingerprint density at radius 1 is 1.67 bits per heavy atom. The zero-order valence-corrected chi connectivity index (χ0v) is 6.22. The van der Waals surface area contributed by atoms with Crippen molar-refractivity contribution < 1.29 is 4.79 Å². The van der Waals surface area contributed by atoms with Gasteiger partial charge >= 0.3 is 0 Å². The van der Waals surface area contributed by atoms with Gasteiger partial charge in [-0.2, -0.15) is 0 Å². The minimum absolute atomic E-state index is 0.0279. The zero-order valence-electron chi connectivity index (χ0n) is 6.22. The van der Waals surface area contributed by atoms with Crippen LogP contribution in [0.3, 0.4) is 0 Å². The van der Waals surface area contributed by atoms with Crippen LogP contribution in [-0.2, 0) is 4.79 Å². The van der Waals surface area contributed by atoms with Crippen LogP contribution in [0.5, 0.6) is 0 Å². The molecule has 0 radical (unpaired) electrons. The molecule has 0 saturated carbocycles. The number of nitrogens with two attached hydrogens (primary N) is 1. The van der Waals surface area contributed by atoms with Gasteiger partial charge in [0.2, 0.25) is 5.91 Å². The lowest BCUT2D eigenvalue weighted by atomic mass is 10.2. The largest absolute Gasteiger partial charge is 0.349 e. The van der Waals surface area contributed by atoms with Crippen molar-refractivity contribution in [2.75, 3.05) is 14.1 Å². The summed E-state index contributed by atoms with van der Waals surface area (Å²) in [6.45, 7) is 1.82. The average molecular weight is 130 g/mol. The summed E-state index contributed by atoms with van der Waals surface area (Å²) in [6, 6.07) is -0.0279. The van der Waals surface area contributed by atoms with E-state index < -0.39 is 0 Å². The standard InChI is InChI=1S/C6H14N2O/c1-5(7)4-6(9)8(2)3/h5H,4,7H2,1-3H3/t5-/m0/s1. The normalized spacial score (nSPS) is 12.9. The molecule has 2 N–H and O–H groups in total.